The molecule has 21 heavy (non-hydrogen) atoms. The fourth-order valence-electron chi connectivity index (χ4n) is 2.41. The van der Waals surface area contributed by atoms with E-state index in [2.05, 4.69) is 25.8 Å². The van der Waals surface area contributed by atoms with E-state index in [0.29, 0.717) is 17.9 Å². The molecule has 2 aromatic heterocycles. The molecule has 0 aromatic carbocycles. The molecule has 1 aliphatic rings. The summed E-state index contributed by atoms with van der Waals surface area (Å²) in [6, 6.07) is 3.24. The van der Waals surface area contributed by atoms with E-state index in [1.807, 2.05) is 19.1 Å². The fraction of sp³-hybridized carbons (Fsp3) is 0.308. The minimum atomic E-state index is -0.452. The number of nitrogens with one attached hydrogen (secondary N) is 1. The number of methoxy groups -OCH3 is 1. The van der Waals surface area contributed by atoms with Crippen LogP contribution < -0.4 is 5.32 Å². The van der Waals surface area contributed by atoms with Gasteiger partial charge < -0.3 is 10.1 Å². The first-order valence-electron chi connectivity index (χ1n) is 6.52. The van der Waals surface area contributed by atoms with Crippen LogP contribution in [0.2, 0.25) is 0 Å². The zero-order chi connectivity index (χ0) is 14.8. The molecular weight excluding hydrogens is 272 g/mol. The number of rotatable bonds is 3. The van der Waals surface area contributed by atoms with E-state index in [-0.39, 0.29) is 0 Å². The summed E-state index contributed by atoms with van der Waals surface area (Å²) in [5.74, 6) is 0.0858. The Hall–Kier alpha value is -2.77. The summed E-state index contributed by atoms with van der Waals surface area (Å²) in [6.45, 7) is 1.95. The highest BCUT2D eigenvalue weighted by Gasteiger charge is 2.35. The first-order chi connectivity index (χ1) is 10.3. The van der Waals surface area contributed by atoms with Gasteiger partial charge >= 0.3 is 5.97 Å². The van der Waals surface area contributed by atoms with E-state index in [4.69, 9.17) is 4.74 Å². The number of hydrogen-bond acceptors (Lipinski definition) is 7. The van der Waals surface area contributed by atoms with E-state index >= 15 is 0 Å². The van der Waals surface area contributed by atoms with Crippen molar-refractivity contribution in [3.63, 3.8) is 0 Å². The summed E-state index contributed by atoms with van der Waals surface area (Å²) >= 11 is 0. The Balaban J connectivity index is 2.20. The van der Waals surface area contributed by atoms with Gasteiger partial charge in [0.1, 0.15) is 6.04 Å². The maximum Gasteiger partial charge on any atom is 0.338 e. The van der Waals surface area contributed by atoms with Crippen LogP contribution in [0.5, 0.6) is 0 Å². The number of carbonyl (C=O) groups is 1. The number of esters is 1. The van der Waals surface area contributed by atoms with Crippen LogP contribution in [0.4, 0.5) is 5.95 Å². The zero-order valence-electron chi connectivity index (χ0n) is 11.6. The van der Waals surface area contributed by atoms with Gasteiger partial charge in [-0.1, -0.05) is 18.1 Å². The van der Waals surface area contributed by atoms with Crippen molar-refractivity contribution in [2.45, 2.75) is 19.4 Å². The van der Waals surface area contributed by atoms with Crippen LogP contribution in [-0.2, 0) is 9.53 Å². The van der Waals surface area contributed by atoms with Gasteiger partial charge in [-0.2, -0.15) is 4.68 Å². The molecule has 0 saturated heterocycles. The largest absolute Gasteiger partial charge is 0.466 e. The summed E-state index contributed by atoms with van der Waals surface area (Å²) in [7, 11) is 1.36. The predicted molar refractivity (Wildman–Crippen MR) is 73.1 cm³/mol. The summed E-state index contributed by atoms with van der Waals surface area (Å²) in [5.41, 5.74) is 2.06. The number of carbonyl (C=O) groups excluding carboxylic acids is 1. The Morgan fingerprint density at radius 3 is 3.05 bits per heavy atom. The number of pyridine rings is 1. The quantitative estimate of drug-likeness (QED) is 0.838. The van der Waals surface area contributed by atoms with Gasteiger partial charge in [0, 0.05) is 18.1 Å². The van der Waals surface area contributed by atoms with Crippen molar-refractivity contribution in [3.8, 4) is 0 Å². The van der Waals surface area contributed by atoms with Crippen molar-refractivity contribution < 1.29 is 9.53 Å². The Morgan fingerprint density at radius 2 is 2.38 bits per heavy atom. The Bertz CT molecular complexity index is 694. The first kappa shape index (κ1) is 13.2. The van der Waals surface area contributed by atoms with Crippen molar-refractivity contribution in [3.05, 3.63) is 41.4 Å². The lowest BCUT2D eigenvalue weighted by molar-refractivity contribution is -0.136. The number of hydrogen-bond donors (Lipinski definition) is 1. The molecular formula is C13H14N6O2. The molecule has 0 spiro atoms. The van der Waals surface area contributed by atoms with Crippen molar-refractivity contribution in [2.24, 2.45) is 0 Å². The lowest BCUT2D eigenvalue weighted by Gasteiger charge is -2.27. The molecule has 0 aliphatic carbocycles. The molecule has 0 amide bonds. The van der Waals surface area contributed by atoms with Crippen molar-refractivity contribution in [2.75, 3.05) is 12.4 Å². The minimum Gasteiger partial charge on any atom is -0.466 e. The minimum absolute atomic E-state index is 0.408. The molecule has 108 valence electrons. The highest BCUT2D eigenvalue weighted by Crippen LogP contribution is 2.35. The second-order valence-electron chi connectivity index (χ2n) is 4.50. The van der Waals surface area contributed by atoms with Gasteiger partial charge in [0.05, 0.1) is 12.7 Å². The van der Waals surface area contributed by atoms with Gasteiger partial charge in [-0.25, -0.2) is 4.79 Å². The molecule has 1 atom stereocenters. The third-order valence-corrected chi connectivity index (χ3v) is 3.36. The third kappa shape index (κ3) is 2.14. The number of tetrazole rings is 1. The zero-order valence-corrected chi connectivity index (χ0v) is 11.6. The summed E-state index contributed by atoms with van der Waals surface area (Å²) in [6.07, 6.45) is 4.00. The Labute approximate surface area is 120 Å². The van der Waals surface area contributed by atoms with E-state index in [1.54, 1.807) is 17.1 Å². The topological polar surface area (TPSA) is 94.8 Å². The maximum absolute atomic E-state index is 12.2. The number of nitrogens with zero attached hydrogens (tertiary/aromatic N) is 5. The lowest BCUT2D eigenvalue weighted by atomic mass is 9.96. The molecule has 1 aliphatic heterocycles. The molecule has 1 N–H and O–H groups in total. The van der Waals surface area contributed by atoms with Gasteiger partial charge in [0.15, 0.2) is 0 Å². The summed E-state index contributed by atoms with van der Waals surface area (Å²) < 4.78 is 6.48. The van der Waals surface area contributed by atoms with Crippen molar-refractivity contribution in [1.29, 1.82) is 0 Å². The normalized spacial score (nSPS) is 17.1. The smallest absolute Gasteiger partial charge is 0.338 e. The number of allylic oxidation sites excluding steroid dienone is 1. The third-order valence-electron chi connectivity index (χ3n) is 3.36. The first-order valence-corrected chi connectivity index (χ1v) is 6.52. The SMILES string of the molecule is CCC1=C(C(=O)OC)[C@H](c2cccnc2)n2nnnc2N1. The van der Waals surface area contributed by atoms with Crippen LogP contribution in [0, 0.1) is 0 Å². The van der Waals surface area contributed by atoms with Crippen LogP contribution in [0.15, 0.2) is 35.8 Å². The maximum atomic E-state index is 12.2. The molecule has 0 bridgehead atoms. The van der Waals surface area contributed by atoms with E-state index < -0.39 is 12.0 Å². The van der Waals surface area contributed by atoms with Crippen LogP contribution >= 0.6 is 0 Å². The van der Waals surface area contributed by atoms with Crippen molar-refractivity contribution in [1.82, 2.24) is 25.2 Å². The molecule has 8 heteroatoms. The molecule has 3 heterocycles. The fourth-order valence-corrected chi connectivity index (χ4v) is 2.41. The number of anilines is 1. The second-order valence-corrected chi connectivity index (χ2v) is 4.50. The predicted octanol–water partition coefficient (Wildman–Crippen LogP) is 0.920. The molecule has 0 fully saturated rings. The average Bonchev–Trinajstić information content (AvgIpc) is 3.01. The molecule has 8 nitrogen and oxygen atoms in total. The highest BCUT2D eigenvalue weighted by atomic mass is 16.5. The number of ether oxygens (including phenoxy) is 1. The highest BCUT2D eigenvalue weighted by molar-refractivity contribution is 5.92. The summed E-state index contributed by atoms with van der Waals surface area (Å²) in [4.78, 5) is 16.3. The summed E-state index contributed by atoms with van der Waals surface area (Å²) in [5, 5.41) is 14.7. The average molecular weight is 286 g/mol. The monoisotopic (exact) mass is 286 g/mol. The molecule has 2 aromatic rings. The molecule has 0 unspecified atom stereocenters. The van der Waals surface area contributed by atoms with Gasteiger partial charge in [0.25, 0.3) is 0 Å². The second kappa shape index (κ2) is 5.31. The Morgan fingerprint density at radius 1 is 1.52 bits per heavy atom. The van der Waals surface area contributed by atoms with Crippen LogP contribution in [-0.4, -0.2) is 38.3 Å². The van der Waals surface area contributed by atoms with Crippen molar-refractivity contribution >= 4 is 11.9 Å². The van der Waals surface area contributed by atoms with Gasteiger partial charge in [-0.15, -0.1) is 0 Å². The van der Waals surface area contributed by atoms with Crippen LogP contribution in [0.3, 0.4) is 0 Å². The number of aromatic nitrogens is 5. The molecule has 0 radical (unpaired) electrons. The molecule has 0 saturated carbocycles. The van der Waals surface area contributed by atoms with E-state index in [9.17, 15) is 4.79 Å². The van der Waals surface area contributed by atoms with Crippen LogP contribution in [0.25, 0.3) is 0 Å². The standard InChI is InChI=1S/C13H14N6O2/c1-3-9-10(12(20)21-2)11(8-5-4-6-14-7-8)19-13(15-9)16-17-18-19/h4-7,11H,3H2,1-2H3,(H,15,16,18)/t11-/m0/s1. The van der Waals surface area contributed by atoms with E-state index in [0.717, 1.165) is 11.3 Å². The van der Waals surface area contributed by atoms with Gasteiger partial charge in [0.2, 0.25) is 5.95 Å². The molecule has 3 rings (SSSR count). The van der Waals surface area contributed by atoms with Gasteiger partial charge in [-0.05, 0) is 28.5 Å². The number of fused-ring (bicyclic) bond motifs is 1. The van der Waals surface area contributed by atoms with Gasteiger partial charge in [-0.3, -0.25) is 4.98 Å². The Kier molecular flexibility index (Phi) is 3.35. The lowest BCUT2D eigenvalue weighted by Crippen LogP contribution is -2.30. The van der Waals surface area contributed by atoms with E-state index in [1.165, 1.54) is 7.11 Å². The van der Waals surface area contributed by atoms with Crippen LogP contribution in [0.1, 0.15) is 24.9 Å².